The second-order valence-electron chi connectivity index (χ2n) is 5.00. The highest BCUT2D eigenvalue weighted by atomic mass is 16.7. The summed E-state index contributed by atoms with van der Waals surface area (Å²) in [7, 11) is 1.78. The van der Waals surface area contributed by atoms with Crippen LogP contribution in [0.25, 0.3) is 0 Å². The molecule has 84 valence electrons. The van der Waals surface area contributed by atoms with Gasteiger partial charge in [-0.25, -0.2) is 0 Å². The molecule has 2 fully saturated rings. The molecule has 3 rings (SSSR count). The molecule has 0 radical (unpaired) electrons. The van der Waals surface area contributed by atoms with Crippen LogP contribution in [0, 0.1) is 5.41 Å². The van der Waals surface area contributed by atoms with Gasteiger partial charge in [-0.15, -0.1) is 0 Å². The first-order valence-electron chi connectivity index (χ1n) is 5.80. The number of rotatable bonds is 2. The van der Waals surface area contributed by atoms with Crippen LogP contribution >= 0.6 is 0 Å². The van der Waals surface area contributed by atoms with E-state index in [1.54, 1.807) is 7.11 Å². The zero-order valence-corrected chi connectivity index (χ0v) is 9.20. The lowest BCUT2D eigenvalue weighted by Gasteiger charge is -2.45. The molecule has 0 N–H and O–H groups in total. The minimum atomic E-state index is -0.0931. The van der Waals surface area contributed by atoms with Crippen molar-refractivity contribution < 1.29 is 14.2 Å². The second kappa shape index (κ2) is 3.22. The topological polar surface area (TPSA) is 27.7 Å². The predicted octanol–water partition coefficient (Wildman–Crippen LogP) is 2.22. The highest BCUT2D eigenvalue weighted by molar-refractivity contribution is 5.18. The molecule has 2 aliphatic heterocycles. The summed E-state index contributed by atoms with van der Waals surface area (Å²) in [5, 5.41) is 0. The average molecular weight is 210 g/mol. The van der Waals surface area contributed by atoms with Crippen molar-refractivity contribution >= 4 is 0 Å². The summed E-state index contributed by atoms with van der Waals surface area (Å²) in [6.45, 7) is 0.789. The Bertz CT molecular complexity index is 285. The summed E-state index contributed by atoms with van der Waals surface area (Å²) in [4.78, 5) is 0. The molecule has 1 saturated carbocycles. The van der Waals surface area contributed by atoms with Crippen LogP contribution in [0.4, 0.5) is 0 Å². The summed E-state index contributed by atoms with van der Waals surface area (Å²) >= 11 is 0. The number of ether oxygens (including phenoxy) is 3. The quantitative estimate of drug-likeness (QED) is 0.699. The maximum atomic E-state index is 6.06. The van der Waals surface area contributed by atoms with E-state index in [9.17, 15) is 0 Å². The molecule has 3 heteroatoms. The fraction of sp³-hybridized carbons (Fsp3) is 0.833. The normalized spacial score (nSPS) is 47.4. The van der Waals surface area contributed by atoms with Gasteiger partial charge < -0.3 is 14.2 Å². The second-order valence-corrected chi connectivity index (χ2v) is 5.00. The van der Waals surface area contributed by atoms with E-state index in [4.69, 9.17) is 14.2 Å². The van der Waals surface area contributed by atoms with Gasteiger partial charge in [-0.2, -0.15) is 0 Å². The zero-order valence-electron chi connectivity index (χ0n) is 9.20. The van der Waals surface area contributed by atoms with E-state index < -0.39 is 0 Å². The van der Waals surface area contributed by atoms with Crippen molar-refractivity contribution in [3.05, 3.63) is 12.3 Å². The van der Waals surface area contributed by atoms with Gasteiger partial charge in [0, 0.05) is 18.9 Å². The Morgan fingerprint density at radius 3 is 3.13 bits per heavy atom. The molecular weight excluding hydrogens is 192 g/mol. The molecule has 1 spiro atoms. The Balaban J connectivity index is 1.98. The molecule has 2 bridgehead atoms. The summed E-state index contributed by atoms with van der Waals surface area (Å²) in [6.07, 6.45) is 9.75. The van der Waals surface area contributed by atoms with Gasteiger partial charge in [-0.3, -0.25) is 0 Å². The van der Waals surface area contributed by atoms with Crippen molar-refractivity contribution in [1.82, 2.24) is 0 Å². The molecule has 3 atom stereocenters. The zero-order chi connectivity index (χ0) is 10.4. The number of hydrogen-bond acceptors (Lipinski definition) is 3. The maximum absolute atomic E-state index is 6.06. The largest absolute Gasteiger partial charge is 0.473 e. The monoisotopic (exact) mass is 210 g/mol. The molecule has 15 heavy (non-hydrogen) atoms. The van der Waals surface area contributed by atoms with Crippen molar-refractivity contribution in [3.63, 3.8) is 0 Å². The Labute approximate surface area is 90.4 Å². The van der Waals surface area contributed by atoms with E-state index in [1.165, 1.54) is 19.3 Å². The van der Waals surface area contributed by atoms with Crippen molar-refractivity contribution in [2.45, 2.75) is 44.0 Å². The maximum Gasteiger partial charge on any atom is 0.200 e. The van der Waals surface area contributed by atoms with Crippen LogP contribution in [0.2, 0.25) is 0 Å². The lowest BCUT2D eigenvalue weighted by atomic mass is 9.63. The Morgan fingerprint density at radius 1 is 1.40 bits per heavy atom. The predicted molar refractivity (Wildman–Crippen MR) is 55.2 cm³/mol. The summed E-state index contributed by atoms with van der Waals surface area (Å²) in [6, 6.07) is 0. The van der Waals surface area contributed by atoms with Gasteiger partial charge in [-0.1, -0.05) is 12.8 Å². The number of methoxy groups -OCH3 is 1. The molecule has 0 amide bonds. The molecule has 3 nitrogen and oxygen atoms in total. The number of hydrogen-bond donors (Lipinski definition) is 0. The number of fused-ring (bicyclic) bond motifs is 1. The third kappa shape index (κ3) is 1.20. The molecule has 1 saturated heterocycles. The van der Waals surface area contributed by atoms with Gasteiger partial charge >= 0.3 is 0 Å². The molecule has 1 aliphatic carbocycles. The van der Waals surface area contributed by atoms with Crippen LogP contribution < -0.4 is 0 Å². The van der Waals surface area contributed by atoms with Crippen LogP contribution in [0.1, 0.15) is 32.1 Å². The minimum Gasteiger partial charge on any atom is -0.473 e. The molecule has 0 aromatic rings. The van der Waals surface area contributed by atoms with E-state index in [0.717, 1.165) is 19.4 Å². The van der Waals surface area contributed by atoms with Crippen molar-refractivity contribution in [2.75, 3.05) is 13.7 Å². The molecule has 0 aromatic carbocycles. The minimum absolute atomic E-state index is 0.0387. The van der Waals surface area contributed by atoms with E-state index in [0.29, 0.717) is 0 Å². The molecular formula is C12H18O3. The average Bonchev–Trinajstić information content (AvgIpc) is 2.45. The molecule has 0 aromatic heterocycles. The van der Waals surface area contributed by atoms with Crippen LogP contribution in [0.5, 0.6) is 0 Å². The van der Waals surface area contributed by atoms with Gasteiger partial charge in [0.05, 0.1) is 12.9 Å². The third-order valence-electron chi connectivity index (χ3n) is 4.24. The molecule has 0 unspecified atom stereocenters. The first-order valence-corrected chi connectivity index (χ1v) is 5.80. The molecule has 3 aliphatic rings. The first-order chi connectivity index (χ1) is 7.30. The Morgan fingerprint density at radius 2 is 2.27 bits per heavy atom. The van der Waals surface area contributed by atoms with Gasteiger partial charge in [0.1, 0.15) is 5.60 Å². The van der Waals surface area contributed by atoms with E-state index in [2.05, 4.69) is 6.08 Å². The van der Waals surface area contributed by atoms with Crippen molar-refractivity contribution in [3.8, 4) is 0 Å². The van der Waals surface area contributed by atoms with Gasteiger partial charge in [0.15, 0.2) is 0 Å². The molecule has 2 heterocycles. The van der Waals surface area contributed by atoms with E-state index in [-0.39, 0.29) is 17.3 Å². The fourth-order valence-electron chi connectivity index (χ4n) is 3.52. The van der Waals surface area contributed by atoms with Crippen LogP contribution in [-0.4, -0.2) is 25.6 Å². The standard InChI is InChI=1S/C12H18O3/c1-13-9-11-4-2-3-5-12(11)6-7-14-10(8-11)15-12/h6-7,10H,2-5,8-9H2,1H3/t10-,11+,12-/m1/s1. The lowest BCUT2D eigenvalue weighted by molar-refractivity contribution is -0.167. The highest BCUT2D eigenvalue weighted by Crippen LogP contribution is 2.57. The van der Waals surface area contributed by atoms with E-state index in [1.807, 2.05) is 6.26 Å². The van der Waals surface area contributed by atoms with Crippen LogP contribution in [-0.2, 0) is 14.2 Å². The fourth-order valence-corrected chi connectivity index (χ4v) is 3.52. The summed E-state index contributed by atoms with van der Waals surface area (Å²) < 4.78 is 16.9. The van der Waals surface area contributed by atoms with Crippen LogP contribution in [0.15, 0.2) is 12.3 Å². The van der Waals surface area contributed by atoms with Gasteiger partial charge in [0.25, 0.3) is 0 Å². The first kappa shape index (κ1) is 9.67. The van der Waals surface area contributed by atoms with Crippen LogP contribution in [0.3, 0.4) is 0 Å². The Hall–Kier alpha value is -0.540. The highest BCUT2D eigenvalue weighted by Gasteiger charge is 2.61. The van der Waals surface area contributed by atoms with Gasteiger partial charge in [-0.05, 0) is 18.9 Å². The van der Waals surface area contributed by atoms with E-state index >= 15 is 0 Å². The SMILES string of the molecule is COC[C@@]12CCCC[C@@]13C=CO[C@@H](C2)O3. The summed E-state index contributed by atoms with van der Waals surface area (Å²) in [5.74, 6) is 0. The van der Waals surface area contributed by atoms with Gasteiger partial charge in [0.2, 0.25) is 6.29 Å². The summed E-state index contributed by atoms with van der Waals surface area (Å²) in [5.41, 5.74) is 0.0713. The smallest absolute Gasteiger partial charge is 0.200 e. The van der Waals surface area contributed by atoms with Crippen molar-refractivity contribution in [1.29, 1.82) is 0 Å². The van der Waals surface area contributed by atoms with Crippen molar-refractivity contribution in [2.24, 2.45) is 5.41 Å². The lowest BCUT2D eigenvalue weighted by Crippen LogP contribution is -2.49. The Kier molecular flexibility index (Phi) is 2.08. The third-order valence-corrected chi connectivity index (χ3v) is 4.24.